The quantitative estimate of drug-likeness (QED) is 0.650. The van der Waals surface area contributed by atoms with Crippen molar-refractivity contribution in [3.8, 4) is 11.3 Å². The maximum atomic E-state index is 5.82. The molecule has 0 aliphatic rings. The Morgan fingerprint density at radius 3 is 2.61 bits per heavy atom. The summed E-state index contributed by atoms with van der Waals surface area (Å²) in [6, 6.07) is 18.1. The number of nitrogens with zero attached hydrogens (tertiary/aromatic N) is 1. The zero-order valence-corrected chi connectivity index (χ0v) is 10.2. The third-order valence-corrected chi connectivity index (χ3v) is 3.11. The highest BCUT2D eigenvalue weighted by atomic mass is 14.7. The summed E-state index contributed by atoms with van der Waals surface area (Å²) in [7, 11) is 0. The average Bonchev–Trinajstić information content (AvgIpc) is 2.39. The van der Waals surface area contributed by atoms with Gasteiger partial charge in [0.15, 0.2) is 0 Å². The lowest BCUT2D eigenvalue weighted by Gasteiger charge is -2.07. The van der Waals surface area contributed by atoms with E-state index in [1.165, 1.54) is 10.9 Å². The molecule has 2 heteroatoms. The van der Waals surface area contributed by atoms with E-state index in [0.29, 0.717) is 0 Å². The molecule has 2 aromatic carbocycles. The van der Waals surface area contributed by atoms with Crippen LogP contribution in [-0.4, -0.2) is 4.98 Å². The topological polar surface area (TPSA) is 38.9 Å². The van der Waals surface area contributed by atoms with Crippen LogP contribution in [0, 0.1) is 6.92 Å². The lowest BCUT2D eigenvalue weighted by Crippen LogP contribution is -1.90. The number of aryl methyl sites for hydroxylation is 1. The maximum Gasteiger partial charge on any atom is 0.0713 e. The van der Waals surface area contributed by atoms with E-state index in [4.69, 9.17) is 10.7 Å². The molecule has 0 radical (unpaired) electrons. The molecule has 18 heavy (non-hydrogen) atoms. The van der Waals surface area contributed by atoms with E-state index in [-0.39, 0.29) is 0 Å². The Morgan fingerprint density at radius 1 is 0.944 bits per heavy atom. The Hall–Kier alpha value is -2.35. The molecular weight excluding hydrogens is 220 g/mol. The fraction of sp³-hybridized carbons (Fsp3) is 0.0625. The minimum atomic E-state index is 0.764. The molecule has 0 fully saturated rings. The SMILES string of the molecule is Cc1cc(-c2cccc(N)c2)nc2ccccc12. The molecule has 0 amide bonds. The summed E-state index contributed by atoms with van der Waals surface area (Å²) in [5.74, 6) is 0. The van der Waals surface area contributed by atoms with Gasteiger partial charge in [-0.3, -0.25) is 0 Å². The molecule has 0 saturated heterocycles. The van der Waals surface area contributed by atoms with E-state index in [1.54, 1.807) is 0 Å². The van der Waals surface area contributed by atoms with Crippen molar-refractivity contribution in [2.75, 3.05) is 5.73 Å². The van der Waals surface area contributed by atoms with Crippen molar-refractivity contribution in [2.24, 2.45) is 0 Å². The van der Waals surface area contributed by atoms with Gasteiger partial charge in [0.25, 0.3) is 0 Å². The van der Waals surface area contributed by atoms with Crippen molar-refractivity contribution >= 4 is 16.6 Å². The number of hydrogen-bond acceptors (Lipinski definition) is 2. The molecular formula is C16H14N2. The van der Waals surface area contributed by atoms with Crippen molar-refractivity contribution in [3.63, 3.8) is 0 Å². The zero-order chi connectivity index (χ0) is 12.5. The van der Waals surface area contributed by atoms with E-state index in [1.807, 2.05) is 42.5 Å². The molecule has 2 nitrogen and oxygen atoms in total. The third-order valence-electron chi connectivity index (χ3n) is 3.11. The van der Waals surface area contributed by atoms with Gasteiger partial charge in [-0.1, -0.05) is 30.3 Å². The summed E-state index contributed by atoms with van der Waals surface area (Å²) < 4.78 is 0. The fourth-order valence-corrected chi connectivity index (χ4v) is 2.20. The van der Waals surface area contributed by atoms with Gasteiger partial charge >= 0.3 is 0 Å². The largest absolute Gasteiger partial charge is 0.399 e. The first kappa shape index (κ1) is 10.8. The van der Waals surface area contributed by atoms with Gasteiger partial charge in [-0.15, -0.1) is 0 Å². The lowest BCUT2D eigenvalue weighted by atomic mass is 10.0. The van der Waals surface area contributed by atoms with Crippen molar-refractivity contribution < 1.29 is 0 Å². The zero-order valence-electron chi connectivity index (χ0n) is 10.2. The number of fused-ring (bicyclic) bond motifs is 1. The minimum absolute atomic E-state index is 0.764. The summed E-state index contributed by atoms with van der Waals surface area (Å²) in [5, 5.41) is 1.20. The maximum absolute atomic E-state index is 5.82. The van der Waals surface area contributed by atoms with Crippen LogP contribution in [0.1, 0.15) is 5.56 Å². The number of benzene rings is 2. The summed E-state index contributed by atoms with van der Waals surface area (Å²) in [6.45, 7) is 2.11. The highest BCUT2D eigenvalue weighted by Crippen LogP contribution is 2.25. The molecule has 3 rings (SSSR count). The van der Waals surface area contributed by atoms with Gasteiger partial charge in [0.05, 0.1) is 11.2 Å². The molecule has 1 aromatic heterocycles. The van der Waals surface area contributed by atoms with E-state index in [2.05, 4.69) is 19.1 Å². The van der Waals surface area contributed by atoms with Crippen LogP contribution in [0.2, 0.25) is 0 Å². The molecule has 0 saturated carbocycles. The van der Waals surface area contributed by atoms with Gasteiger partial charge in [-0.05, 0) is 36.8 Å². The fourth-order valence-electron chi connectivity index (χ4n) is 2.20. The summed E-state index contributed by atoms with van der Waals surface area (Å²) >= 11 is 0. The number of para-hydroxylation sites is 1. The third kappa shape index (κ3) is 1.82. The summed E-state index contributed by atoms with van der Waals surface area (Å²) in [4.78, 5) is 4.69. The van der Waals surface area contributed by atoms with Crippen LogP contribution in [0.3, 0.4) is 0 Å². The predicted molar refractivity (Wildman–Crippen MR) is 76.3 cm³/mol. The Labute approximate surface area is 106 Å². The summed E-state index contributed by atoms with van der Waals surface area (Å²) in [5.41, 5.74) is 10.9. The van der Waals surface area contributed by atoms with E-state index in [9.17, 15) is 0 Å². The second-order valence-corrected chi connectivity index (χ2v) is 4.47. The second kappa shape index (κ2) is 4.15. The summed E-state index contributed by atoms with van der Waals surface area (Å²) in [6.07, 6.45) is 0. The van der Waals surface area contributed by atoms with Crippen molar-refractivity contribution in [1.29, 1.82) is 0 Å². The normalized spacial score (nSPS) is 10.7. The van der Waals surface area contributed by atoms with E-state index >= 15 is 0 Å². The van der Waals surface area contributed by atoms with Crippen LogP contribution in [0.4, 0.5) is 5.69 Å². The van der Waals surface area contributed by atoms with Gasteiger partial charge in [0, 0.05) is 16.6 Å². The standard InChI is InChI=1S/C16H14N2/c1-11-9-16(12-5-4-6-13(17)10-12)18-15-8-3-2-7-14(11)15/h2-10H,17H2,1H3. The van der Waals surface area contributed by atoms with Crippen LogP contribution in [0.25, 0.3) is 22.2 Å². The number of aromatic nitrogens is 1. The van der Waals surface area contributed by atoms with Gasteiger partial charge in [-0.2, -0.15) is 0 Å². The lowest BCUT2D eigenvalue weighted by molar-refractivity contribution is 1.36. The Morgan fingerprint density at radius 2 is 1.78 bits per heavy atom. The Kier molecular flexibility index (Phi) is 2.49. The van der Waals surface area contributed by atoms with Crippen LogP contribution in [0.5, 0.6) is 0 Å². The van der Waals surface area contributed by atoms with Gasteiger partial charge < -0.3 is 5.73 Å². The first-order valence-corrected chi connectivity index (χ1v) is 5.96. The molecule has 2 N–H and O–H groups in total. The molecule has 0 spiro atoms. The molecule has 88 valence electrons. The number of anilines is 1. The Bertz CT molecular complexity index is 717. The van der Waals surface area contributed by atoms with E-state index in [0.717, 1.165) is 22.5 Å². The molecule has 0 aliphatic carbocycles. The first-order chi connectivity index (χ1) is 8.74. The van der Waals surface area contributed by atoms with Crippen LogP contribution < -0.4 is 5.73 Å². The number of rotatable bonds is 1. The van der Waals surface area contributed by atoms with Crippen LogP contribution >= 0.6 is 0 Å². The monoisotopic (exact) mass is 234 g/mol. The van der Waals surface area contributed by atoms with Crippen molar-refractivity contribution in [2.45, 2.75) is 6.92 Å². The van der Waals surface area contributed by atoms with Gasteiger partial charge in [0.2, 0.25) is 0 Å². The van der Waals surface area contributed by atoms with E-state index < -0.39 is 0 Å². The smallest absolute Gasteiger partial charge is 0.0713 e. The first-order valence-electron chi connectivity index (χ1n) is 5.96. The van der Waals surface area contributed by atoms with Gasteiger partial charge in [0.1, 0.15) is 0 Å². The molecule has 1 heterocycles. The highest BCUT2D eigenvalue weighted by Gasteiger charge is 2.04. The molecule has 3 aromatic rings. The highest BCUT2D eigenvalue weighted by molar-refractivity contribution is 5.85. The van der Waals surface area contributed by atoms with Gasteiger partial charge in [-0.25, -0.2) is 4.98 Å². The van der Waals surface area contributed by atoms with Crippen LogP contribution in [-0.2, 0) is 0 Å². The minimum Gasteiger partial charge on any atom is -0.399 e. The molecule has 0 atom stereocenters. The number of hydrogen-bond donors (Lipinski definition) is 1. The number of nitrogens with two attached hydrogens (primary N) is 1. The predicted octanol–water partition coefficient (Wildman–Crippen LogP) is 3.79. The second-order valence-electron chi connectivity index (χ2n) is 4.47. The van der Waals surface area contributed by atoms with Crippen molar-refractivity contribution in [3.05, 3.63) is 60.2 Å². The average molecular weight is 234 g/mol. The molecule has 0 aliphatic heterocycles. The molecule has 0 unspecified atom stereocenters. The Balaban J connectivity index is 2.24. The molecule has 0 bridgehead atoms. The number of pyridine rings is 1. The van der Waals surface area contributed by atoms with Crippen molar-refractivity contribution in [1.82, 2.24) is 4.98 Å². The van der Waals surface area contributed by atoms with Crippen LogP contribution in [0.15, 0.2) is 54.6 Å². The number of nitrogen functional groups attached to an aromatic ring is 1.